The van der Waals surface area contributed by atoms with Crippen LogP contribution in [0.1, 0.15) is 41.1 Å². The monoisotopic (exact) mass is 488 g/mol. The van der Waals surface area contributed by atoms with Gasteiger partial charge in [-0.1, -0.05) is 59.3 Å². The van der Waals surface area contributed by atoms with Gasteiger partial charge < -0.3 is 21.7 Å². The third-order valence-electron chi connectivity index (χ3n) is 6.56. The van der Waals surface area contributed by atoms with Crippen LogP contribution in [0.15, 0.2) is 60.9 Å². The summed E-state index contributed by atoms with van der Waals surface area (Å²) in [6.45, 7) is 2.67. The Balaban J connectivity index is 1.42. The van der Waals surface area contributed by atoms with Gasteiger partial charge in [-0.15, -0.1) is 5.10 Å². The standard InChI is InChI=1S/C26H32N8O2/c1-17-3-2-4-18(13-17)7-10-22(27)26(36)33-16-21(34-12-11-31-32-34)14-23(33)25(35)30-15-19-5-8-20(9-6-19)24(28)29/h2-6,8-9,11-13,21-23H,7,10,14-16,27H2,1H3,(H3,28,29)(H,30,35)/t21-,22+,23-/m0/s1. The number of aromatic nitrogens is 3. The molecule has 3 atom stereocenters. The number of amides is 2. The molecule has 10 heteroatoms. The van der Waals surface area contributed by atoms with Crippen molar-refractivity contribution in [1.29, 1.82) is 5.41 Å². The van der Waals surface area contributed by atoms with Crippen LogP contribution in [0.25, 0.3) is 0 Å². The summed E-state index contributed by atoms with van der Waals surface area (Å²) in [5.74, 6) is -0.493. The van der Waals surface area contributed by atoms with Crippen molar-refractivity contribution in [3.05, 3.63) is 83.2 Å². The van der Waals surface area contributed by atoms with Crippen molar-refractivity contribution in [1.82, 2.24) is 25.2 Å². The van der Waals surface area contributed by atoms with E-state index < -0.39 is 12.1 Å². The number of nitrogen functional groups attached to an aromatic ring is 1. The van der Waals surface area contributed by atoms with Gasteiger partial charge in [0.1, 0.15) is 11.9 Å². The fourth-order valence-electron chi connectivity index (χ4n) is 4.55. The van der Waals surface area contributed by atoms with Crippen LogP contribution in [0.5, 0.6) is 0 Å². The minimum Gasteiger partial charge on any atom is -0.384 e. The van der Waals surface area contributed by atoms with E-state index in [1.807, 2.05) is 37.3 Å². The highest BCUT2D eigenvalue weighted by molar-refractivity contribution is 5.95. The van der Waals surface area contributed by atoms with Crippen molar-refractivity contribution in [2.24, 2.45) is 11.5 Å². The molecule has 36 heavy (non-hydrogen) atoms. The van der Waals surface area contributed by atoms with Crippen LogP contribution in [-0.4, -0.2) is 56.2 Å². The molecule has 1 aromatic heterocycles. The van der Waals surface area contributed by atoms with E-state index in [0.29, 0.717) is 37.9 Å². The predicted octanol–water partition coefficient (Wildman–Crippen LogP) is 1.29. The van der Waals surface area contributed by atoms with Gasteiger partial charge in [0.2, 0.25) is 11.8 Å². The van der Waals surface area contributed by atoms with Crippen LogP contribution in [0.4, 0.5) is 0 Å². The van der Waals surface area contributed by atoms with Crippen LogP contribution in [0, 0.1) is 12.3 Å². The number of hydrogen-bond acceptors (Lipinski definition) is 6. The molecule has 0 aliphatic carbocycles. The predicted molar refractivity (Wildman–Crippen MR) is 136 cm³/mol. The molecule has 0 bridgehead atoms. The van der Waals surface area contributed by atoms with E-state index in [-0.39, 0.29) is 23.7 Å². The summed E-state index contributed by atoms with van der Waals surface area (Å²) in [6, 6.07) is 13.7. The van der Waals surface area contributed by atoms with E-state index >= 15 is 0 Å². The number of carbonyl (C=O) groups is 2. The van der Waals surface area contributed by atoms with Crippen molar-refractivity contribution < 1.29 is 9.59 Å². The molecule has 4 rings (SSSR count). The number of nitrogens with one attached hydrogen (secondary N) is 2. The molecule has 3 aromatic rings. The van der Waals surface area contributed by atoms with Gasteiger partial charge in [-0.25, -0.2) is 4.68 Å². The van der Waals surface area contributed by atoms with Crippen LogP contribution >= 0.6 is 0 Å². The molecule has 0 saturated carbocycles. The number of likely N-dealkylation sites (tertiary alicyclic amines) is 1. The molecule has 188 valence electrons. The fraction of sp³-hybridized carbons (Fsp3) is 0.346. The maximum Gasteiger partial charge on any atom is 0.243 e. The second kappa shape index (κ2) is 11.1. The Morgan fingerprint density at radius 3 is 2.64 bits per heavy atom. The van der Waals surface area contributed by atoms with Crippen LogP contribution < -0.4 is 16.8 Å². The fourth-order valence-corrected chi connectivity index (χ4v) is 4.55. The molecule has 1 aliphatic rings. The summed E-state index contributed by atoms with van der Waals surface area (Å²) in [7, 11) is 0. The molecule has 1 saturated heterocycles. The molecule has 0 spiro atoms. The normalized spacial score (nSPS) is 18.1. The molecule has 1 aliphatic heterocycles. The lowest BCUT2D eigenvalue weighted by Gasteiger charge is -2.26. The maximum atomic E-state index is 13.4. The Labute approximate surface area is 210 Å². The summed E-state index contributed by atoms with van der Waals surface area (Å²) in [6.07, 6.45) is 4.92. The minimum absolute atomic E-state index is 0.0106. The molecule has 2 heterocycles. The molecular weight excluding hydrogens is 456 g/mol. The first-order chi connectivity index (χ1) is 17.3. The third-order valence-corrected chi connectivity index (χ3v) is 6.56. The summed E-state index contributed by atoms with van der Waals surface area (Å²) in [5.41, 5.74) is 15.6. The quantitative estimate of drug-likeness (QED) is 0.263. The highest BCUT2D eigenvalue weighted by Gasteiger charge is 2.41. The zero-order valence-electron chi connectivity index (χ0n) is 20.3. The van der Waals surface area contributed by atoms with Crippen LogP contribution in [0.2, 0.25) is 0 Å². The number of amidine groups is 1. The Morgan fingerprint density at radius 2 is 1.97 bits per heavy atom. The topological polar surface area (TPSA) is 156 Å². The minimum atomic E-state index is -0.713. The molecular formula is C26H32N8O2. The number of nitrogens with two attached hydrogens (primary N) is 2. The Bertz CT molecular complexity index is 1210. The molecule has 2 amide bonds. The zero-order valence-corrected chi connectivity index (χ0v) is 20.3. The number of nitrogens with zero attached hydrogens (tertiary/aromatic N) is 4. The lowest BCUT2D eigenvalue weighted by atomic mass is 10.0. The van der Waals surface area contributed by atoms with Crippen molar-refractivity contribution in [2.75, 3.05) is 6.54 Å². The summed E-state index contributed by atoms with van der Waals surface area (Å²) in [4.78, 5) is 28.2. The second-order valence-corrected chi connectivity index (χ2v) is 9.24. The number of benzene rings is 2. The van der Waals surface area contributed by atoms with Gasteiger partial charge in [0.15, 0.2) is 0 Å². The Morgan fingerprint density at radius 1 is 1.19 bits per heavy atom. The third kappa shape index (κ3) is 5.95. The molecule has 2 aromatic carbocycles. The van der Waals surface area contributed by atoms with Crippen molar-refractivity contribution in [2.45, 2.75) is 50.9 Å². The summed E-state index contributed by atoms with van der Waals surface area (Å²) < 4.78 is 1.69. The largest absolute Gasteiger partial charge is 0.384 e. The SMILES string of the molecule is Cc1cccc(CC[C@@H](N)C(=O)N2C[C@@H](n3ccnn3)C[C@H]2C(=O)NCc2ccc(C(=N)N)cc2)c1. The van der Waals surface area contributed by atoms with E-state index in [0.717, 1.165) is 16.7 Å². The molecule has 0 radical (unpaired) electrons. The lowest BCUT2D eigenvalue weighted by molar-refractivity contribution is -0.139. The average Bonchev–Trinajstić information content (AvgIpc) is 3.56. The van der Waals surface area contributed by atoms with E-state index in [9.17, 15) is 9.59 Å². The number of carbonyl (C=O) groups excluding carboxylic acids is 2. The first kappa shape index (κ1) is 25.1. The highest BCUT2D eigenvalue weighted by Crippen LogP contribution is 2.28. The molecule has 6 N–H and O–H groups in total. The number of aryl methyl sites for hydroxylation is 2. The Hall–Kier alpha value is -4.05. The second-order valence-electron chi connectivity index (χ2n) is 9.24. The maximum absolute atomic E-state index is 13.4. The lowest BCUT2D eigenvalue weighted by Crippen LogP contribution is -2.51. The van der Waals surface area contributed by atoms with E-state index in [1.165, 1.54) is 0 Å². The van der Waals surface area contributed by atoms with Crippen molar-refractivity contribution in [3.8, 4) is 0 Å². The first-order valence-electron chi connectivity index (χ1n) is 12.0. The zero-order chi connectivity index (χ0) is 25.7. The van der Waals surface area contributed by atoms with Gasteiger partial charge in [-0.2, -0.15) is 0 Å². The van der Waals surface area contributed by atoms with Gasteiger partial charge in [0.05, 0.1) is 18.3 Å². The summed E-state index contributed by atoms with van der Waals surface area (Å²) >= 11 is 0. The smallest absolute Gasteiger partial charge is 0.243 e. The first-order valence-corrected chi connectivity index (χ1v) is 12.0. The average molecular weight is 489 g/mol. The Kier molecular flexibility index (Phi) is 7.74. The highest BCUT2D eigenvalue weighted by atomic mass is 16.2. The van der Waals surface area contributed by atoms with E-state index in [1.54, 1.807) is 34.1 Å². The van der Waals surface area contributed by atoms with Crippen LogP contribution in [0.3, 0.4) is 0 Å². The molecule has 10 nitrogen and oxygen atoms in total. The van der Waals surface area contributed by atoms with Crippen molar-refractivity contribution in [3.63, 3.8) is 0 Å². The van der Waals surface area contributed by atoms with Crippen LogP contribution in [-0.2, 0) is 22.6 Å². The number of hydrogen-bond donors (Lipinski definition) is 4. The molecule has 0 unspecified atom stereocenters. The van der Waals surface area contributed by atoms with Gasteiger partial charge in [0, 0.05) is 31.3 Å². The van der Waals surface area contributed by atoms with Gasteiger partial charge in [-0.3, -0.25) is 15.0 Å². The van der Waals surface area contributed by atoms with Crippen molar-refractivity contribution >= 4 is 17.6 Å². The summed E-state index contributed by atoms with van der Waals surface area (Å²) in [5, 5.41) is 18.4. The van der Waals surface area contributed by atoms with Gasteiger partial charge >= 0.3 is 0 Å². The van der Waals surface area contributed by atoms with E-state index in [4.69, 9.17) is 16.9 Å². The van der Waals surface area contributed by atoms with E-state index in [2.05, 4.69) is 21.7 Å². The van der Waals surface area contributed by atoms with Gasteiger partial charge in [-0.05, 0) is 30.9 Å². The van der Waals surface area contributed by atoms with Gasteiger partial charge in [0.25, 0.3) is 0 Å². The molecule has 1 fully saturated rings. The number of rotatable bonds is 9.